The van der Waals surface area contributed by atoms with Gasteiger partial charge in [0.1, 0.15) is 9.77 Å². The van der Waals surface area contributed by atoms with Crippen LogP contribution in [0.1, 0.15) is 25.6 Å². The van der Waals surface area contributed by atoms with Crippen molar-refractivity contribution in [3.05, 3.63) is 45.6 Å². The number of carbonyl (C=O) groups excluding carboxylic acids is 2. The summed E-state index contributed by atoms with van der Waals surface area (Å²) in [6, 6.07) is 5.82. The third kappa shape index (κ3) is 3.57. The van der Waals surface area contributed by atoms with Gasteiger partial charge in [-0.15, -0.1) is 11.3 Å². The molecule has 0 saturated heterocycles. The first-order valence-corrected chi connectivity index (χ1v) is 9.04. The normalized spacial score (nSPS) is 11.0. The summed E-state index contributed by atoms with van der Waals surface area (Å²) in [5, 5.41) is 1.48. The summed E-state index contributed by atoms with van der Waals surface area (Å²) in [4.78, 5) is 23.1. The van der Waals surface area contributed by atoms with Crippen molar-refractivity contribution in [1.29, 1.82) is 0 Å². The van der Waals surface area contributed by atoms with Crippen molar-refractivity contribution in [1.82, 2.24) is 0 Å². The van der Waals surface area contributed by atoms with Crippen molar-refractivity contribution < 1.29 is 27.5 Å². The van der Waals surface area contributed by atoms with E-state index in [2.05, 4.69) is 14.2 Å². The number of methoxy groups -OCH3 is 2. The van der Waals surface area contributed by atoms with Crippen LogP contribution in [-0.4, -0.2) is 34.6 Å². The van der Waals surface area contributed by atoms with E-state index in [9.17, 15) is 18.0 Å². The Kier molecular flexibility index (Phi) is 5.25. The Balaban J connectivity index is 2.42. The second kappa shape index (κ2) is 7.02. The monoisotopic (exact) mass is 369 g/mol. The Morgan fingerprint density at radius 1 is 1.08 bits per heavy atom. The van der Waals surface area contributed by atoms with E-state index in [1.807, 2.05) is 0 Å². The van der Waals surface area contributed by atoms with Gasteiger partial charge in [0, 0.05) is 0 Å². The standard InChI is InChI=1S/C15H15NO6S2/c1-9-4-5-10(14(17)21-2)8-11(9)16-24(19,20)12-6-7-23-13(12)15(18)22-3/h4-8,16H,1-3H3. The topological polar surface area (TPSA) is 98.8 Å². The van der Waals surface area contributed by atoms with Crippen molar-refractivity contribution in [2.45, 2.75) is 11.8 Å². The molecule has 0 radical (unpaired) electrons. The highest BCUT2D eigenvalue weighted by atomic mass is 32.2. The molecular weight excluding hydrogens is 354 g/mol. The van der Waals surface area contributed by atoms with E-state index in [1.54, 1.807) is 13.0 Å². The molecule has 1 N–H and O–H groups in total. The number of rotatable bonds is 5. The number of nitrogens with one attached hydrogen (secondary N) is 1. The number of thiophene rings is 1. The summed E-state index contributed by atoms with van der Waals surface area (Å²) >= 11 is 0.968. The number of hydrogen-bond acceptors (Lipinski definition) is 7. The first-order chi connectivity index (χ1) is 11.3. The largest absolute Gasteiger partial charge is 0.465 e. The summed E-state index contributed by atoms with van der Waals surface area (Å²) in [5.41, 5.74) is 1.04. The molecule has 1 aromatic carbocycles. The maximum Gasteiger partial charge on any atom is 0.349 e. The van der Waals surface area contributed by atoms with Gasteiger partial charge in [0.25, 0.3) is 10.0 Å². The summed E-state index contributed by atoms with van der Waals surface area (Å²) in [5.74, 6) is -1.31. The zero-order valence-electron chi connectivity index (χ0n) is 13.2. The quantitative estimate of drug-likeness (QED) is 0.813. The maximum absolute atomic E-state index is 12.6. The number of anilines is 1. The molecule has 0 amide bonds. The van der Waals surface area contributed by atoms with Crippen LogP contribution in [0.25, 0.3) is 0 Å². The van der Waals surface area contributed by atoms with E-state index < -0.39 is 22.0 Å². The molecular formula is C15H15NO6S2. The number of benzene rings is 1. The molecule has 128 valence electrons. The van der Waals surface area contributed by atoms with Crippen LogP contribution in [0.4, 0.5) is 5.69 Å². The van der Waals surface area contributed by atoms with Gasteiger partial charge in [0.15, 0.2) is 0 Å². The molecule has 0 aliphatic rings. The number of carbonyl (C=O) groups is 2. The predicted molar refractivity (Wildman–Crippen MR) is 89.0 cm³/mol. The highest BCUT2D eigenvalue weighted by Gasteiger charge is 2.25. The van der Waals surface area contributed by atoms with E-state index in [-0.39, 0.29) is 21.0 Å². The summed E-state index contributed by atoms with van der Waals surface area (Å²) in [6.45, 7) is 1.69. The lowest BCUT2D eigenvalue weighted by Gasteiger charge is -2.12. The minimum absolute atomic E-state index is 0.0215. The molecule has 24 heavy (non-hydrogen) atoms. The summed E-state index contributed by atoms with van der Waals surface area (Å²) in [6.07, 6.45) is 0. The Bertz CT molecular complexity index is 885. The number of hydrogen-bond donors (Lipinski definition) is 1. The Morgan fingerprint density at radius 2 is 1.75 bits per heavy atom. The highest BCUT2D eigenvalue weighted by molar-refractivity contribution is 7.93. The van der Waals surface area contributed by atoms with Crippen LogP contribution >= 0.6 is 11.3 Å². The smallest absolute Gasteiger partial charge is 0.349 e. The second-order valence-corrected chi connectivity index (χ2v) is 7.30. The molecule has 9 heteroatoms. The summed E-state index contributed by atoms with van der Waals surface area (Å²) < 4.78 is 36.8. The maximum atomic E-state index is 12.6. The minimum Gasteiger partial charge on any atom is -0.465 e. The van der Waals surface area contributed by atoms with Gasteiger partial charge in [0.05, 0.1) is 25.5 Å². The van der Waals surface area contributed by atoms with E-state index in [0.717, 1.165) is 11.3 Å². The molecule has 0 aliphatic carbocycles. The molecule has 2 rings (SSSR count). The van der Waals surface area contributed by atoms with Crippen molar-refractivity contribution in [2.75, 3.05) is 18.9 Å². The molecule has 0 spiro atoms. The fourth-order valence-electron chi connectivity index (χ4n) is 1.93. The van der Waals surface area contributed by atoms with Gasteiger partial charge >= 0.3 is 11.9 Å². The average molecular weight is 369 g/mol. The fraction of sp³-hybridized carbons (Fsp3) is 0.200. The van der Waals surface area contributed by atoms with E-state index in [0.29, 0.717) is 5.56 Å². The van der Waals surface area contributed by atoms with Gasteiger partial charge in [-0.3, -0.25) is 4.72 Å². The van der Waals surface area contributed by atoms with Crippen molar-refractivity contribution in [2.24, 2.45) is 0 Å². The van der Waals surface area contributed by atoms with Crippen LogP contribution in [0.5, 0.6) is 0 Å². The van der Waals surface area contributed by atoms with Crippen molar-refractivity contribution >= 4 is 39.0 Å². The number of esters is 2. The highest BCUT2D eigenvalue weighted by Crippen LogP contribution is 2.27. The van der Waals surface area contributed by atoms with Gasteiger partial charge < -0.3 is 9.47 Å². The molecule has 2 aromatic rings. The van der Waals surface area contributed by atoms with Crippen LogP contribution in [-0.2, 0) is 19.5 Å². The third-order valence-electron chi connectivity index (χ3n) is 3.19. The Hall–Kier alpha value is -2.39. The number of sulfonamides is 1. The number of aryl methyl sites for hydroxylation is 1. The first-order valence-electron chi connectivity index (χ1n) is 6.67. The van der Waals surface area contributed by atoms with Crippen LogP contribution < -0.4 is 4.72 Å². The minimum atomic E-state index is -4.02. The zero-order chi connectivity index (χ0) is 17.9. The summed E-state index contributed by atoms with van der Waals surface area (Å²) in [7, 11) is -1.61. The van der Waals surface area contributed by atoms with Gasteiger partial charge in [0.2, 0.25) is 0 Å². The Labute approximate surface area is 143 Å². The molecule has 1 heterocycles. The van der Waals surface area contributed by atoms with Crippen LogP contribution in [0, 0.1) is 6.92 Å². The molecule has 0 fully saturated rings. The second-order valence-electron chi connectivity index (χ2n) is 4.73. The van der Waals surface area contributed by atoms with E-state index in [1.165, 1.54) is 37.8 Å². The lowest BCUT2D eigenvalue weighted by atomic mass is 10.1. The SMILES string of the molecule is COC(=O)c1ccc(C)c(NS(=O)(=O)c2ccsc2C(=O)OC)c1. The van der Waals surface area contributed by atoms with Gasteiger partial charge in [-0.1, -0.05) is 6.07 Å². The molecule has 0 atom stereocenters. The molecule has 0 unspecified atom stereocenters. The lowest BCUT2D eigenvalue weighted by Crippen LogP contribution is -2.17. The molecule has 1 aromatic heterocycles. The van der Waals surface area contributed by atoms with E-state index in [4.69, 9.17) is 0 Å². The molecule has 0 saturated carbocycles. The first kappa shape index (κ1) is 18.0. The fourth-order valence-corrected chi connectivity index (χ4v) is 4.38. The predicted octanol–water partition coefficient (Wildman–Crippen LogP) is 2.43. The molecule has 7 nitrogen and oxygen atoms in total. The van der Waals surface area contributed by atoms with Crippen molar-refractivity contribution in [3.8, 4) is 0 Å². The van der Waals surface area contributed by atoms with Crippen LogP contribution in [0.15, 0.2) is 34.5 Å². The number of ether oxygens (including phenoxy) is 2. The third-order valence-corrected chi connectivity index (χ3v) is 5.62. The van der Waals surface area contributed by atoms with E-state index >= 15 is 0 Å². The zero-order valence-corrected chi connectivity index (χ0v) is 14.8. The van der Waals surface area contributed by atoms with Gasteiger partial charge in [-0.2, -0.15) is 0 Å². The van der Waals surface area contributed by atoms with Crippen LogP contribution in [0.2, 0.25) is 0 Å². The van der Waals surface area contributed by atoms with Crippen LogP contribution in [0.3, 0.4) is 0 Å². The van der Waals surface area contributed by atoms with Crippen molar-refractivity contribution in [3.63, 3.8) is 0 Å². The lowest BCUT2D eigenvalue weighted by molar-refractivity contribution is 0.0593. The Morgan fingerprint density at radius 3 is 2.38 bits per heavy atom. The van der Waals surface area contributed by atoms with Gasteiger partial charge in [-0.25, -0.2) is 18.0 Å². The average Bonchev–Trinajstić information content (AvgIpc) is 3.06. The molecule has 0 aliphatic heterocycles. The molecule has 0 bridgehead atoms. The van der Waals surface area contributed by atoms with Gasteiger partial charge in [-0.05, 0) is 36.1 Å².